The predicted octanol–water partition coefficient (Wildman–Crippen LogP) is 4.02. The average Bonchev–Trinajstić information content (AvgIpc) is 2.95. The van der Waals surface area contributed by atoms with Gasteiger partial charge < -0.3 is 19.4 Å². The number of fused-ring (bicyclic) bond motifs is 1. The first kappa shape index (κ1) is 20.1. The van der Waals surface area contributed by atoms with Gasteiger partial charge in [-0.25, -0.2) is 4.79 Å². The molecule has 0 saturated carbocycles. The number of azide groups is 1. The molecule has 144 valence electrons. The maximum Gasteiger partial charge on any atom is 0.407 e. The molecule has 27 heavy (non-hydrogen) atoms. The summed E-state index contributed by atoms with van der Waals surface area (Å²) in [6.07, 6.45) is 1.81. The number of carbonyl (C=O) groups excluding carboxylic acids is 2. The lowest BCUT2D eigenvalue weighted by Gasteiger charge is -2.19. The summed E-state index contributed by atoms with van der Waals surface area (Å²) in [5.74, 6) is -0.0526. The zero-order chi connectivity index (χ0) is 20.0. The molecule has 2 rings (SSSR count). The number of methoxy groups -OCH3 is 1. The quantitative estimate of drug-likeness (QED) is 0.356. The second kappa shape index (κ2) is 8.46. The zero-order valence-electron chi connectivity index (χ0n) is 15.9. The molecule has 0 bridgehead atoms. The molecular weight excluding hydrogens is 350 g/mol. The van der Waals surface area contributed by atoms with Crippen molar-refractivity contribution in [3.05, 3.63) is 40.4 Å². The zero-order valence-corrected chi connectivity index (χ0v) is 15.9. The number of carbonyl (C=O) groups is 2. The fourth-order valence-corrected chi connectivity index (χ4v) is 2.61. The number of hydrogen-bond acceptors (Lipinski definition) is 4. The number of aryl methyl sites for hydroxylation is 1. The van der Waals surface area contributed by atoms with Gasteiger partial charge in [0, 0.05) is 35.1 Å². The number of benzene rings is 1. The van der Waals surface area contributed by atoms with Crippen LogP contribution in [0.4, 0.5) is 4.79 Å². The van der Waals surface area contributed by atoms with Crippen molar-refractivity contribution >= 4 is 22.9 Å². The van der Waals surface area contributed by atoms with E-state index in [0.717, 1.165) is 5.52 Å². The number of amides is 2. The second-order valence-electron chi connectivity index (χ2n) is 6.90. The molecule has 0 unspecified atom stereocenters. The Hall–Kier alpha value is -3.19. The van der Waals surface area contributed by atoms with Gasteiger partial charge in [-0.2, -0.15) is 0 Å². The van der Waals surface area contributed by atoms with Crippen molar-refractivity contribution < 1.29 is 19.1 Å². The van der Waals surface area contributed by atoms with Crippen LogP contribution in [-0.4, -0.2) is 35.8 Å². The minimum absolute atomic E-state index is 0.307. The molecule has 9 heteroatoms. The van der Waals surface area contributed by atoms with Crippen LogP contribution in [0.1, 0.15) is 37.6 Å². The predicted molar refractivity (Wildman–Crippen MR) is 101 cm³/mol. The molecule has 1 heterocycles. The first-order valence-electron chi connectivity index (χ1n) is 8.48. The van der Waals surface area contributed by atoms with Gasteiger partial charge in [0.1, 0.15) is 11.4 Å². The monoisotopic (exact) mass is 373 g/mol. The highest BCUT2D eigenvalue weighted by atomic mass is 16.6. The molecule has 1 aromatic heterocycles. The average molecular weight is 373 g/mol. The van der Waals surface area contributed by atoms with E-state index in [1.165, 1.54) is 7.11 Å². The van der Waals surface area contributed by atoms with Crippen molar-refractivity contribution in [3.63, 3.8) is 0 Å². The largest absolute Gasteiger partial charge is 0.497 e. The molecule has 0 fully saturated rings. The molecule has 0 radical (unpaired) electrons. The highest BCUT2D eigenvalue weighted by Crippen LogP contribution is 2.27. The van der Waals surface area contributed by atoms with Crippen LogP contribution in [0.3, 0.4) is 0 Å². The summed E-state index contributed by atoms with van der Waals surface area (Å²) in [7, 11) is 1.54. The van der Waals surface area contributed by atoms with E-state index in [9.17, 15) is 9.59 Å². The number of alkyl carbamates (subject to hydrolysis) is 1. The van der Waals surface area contributed by atoms with Gasteiger partial charge in [-0.15, -0.1) is 0 Å². The van der Waals surface area contributed by atoms with Crippen LogP contribution in [0.5, 0.6) is 5.75 Å². The summed E-state index contributed by atoms with van der Waals surface area (Å²) in [6.45, 7) is 6.38. The lowest BCUT2D eigenvalue weighted by molar-refractivity contribution is 0.0526. The Morgan fingerprint density at radius 2 is 2.07 bits per heavy atom. The van der Waals surface area contributed by atoms with Crippen LogP contribution in [0.15, 0.2) is 29.5 Å². The molecular formula is C18H23N5O4. The third-order valence-corrected chi connectivity index (χ3v) is 3.70. The van der Waals surface area contributed by atoms with Gasteiger partial charge in [-0.05, 0) is 56.0 Å². The maximum atomic E-state index is 12.1. The fraction of sp³-hybridized carbons (Fsp3) is 0.444. The smallest absolute Gasteiger partial charge is 0.407 e. The number of hydrogen-bond donors (Lipinski definition) is 1. The molecule has 0 aliphatic heterocycles. The highest BCUT2D eigenvalue weighted by molar-refractivity contribution is 6.07. The van der Waals surface area contributed by atoms with Gasteiger partial charge >= 0.3 is 6.09 Å². The topological polar surface area (TPSA) is 118 Å². The van der Waals surface area contributed by atoms with Crippen molar-refractivity contribution in [2.24, 2.45) is 5.11 Å². The van der Waals surface area contributed by atoms with Crippen molar-refractivity contribution in [3.8, 4) is 5.75 Å². The van der Waals surface area contributed by atoms with Gasteiger partial charge in [-0.1, -0.05) is 0 Å². The standard InChI is InChI=1S/C18H23N5O4/c1-18(2,3)27-17(25)20-8-5-9-23-11-14(16(24)21-22-19)13-10-12(26-4)6-7-15(13)23/h6-7,10-11H,5,8-9H2,1-4H3,(H,20,25). The van der Waals surface area contributed by atoms with E-state index < -0.39 is 17.6 Å². The summed E-state index contributed by atoms with van der Waals surface area (Å²) < 4.78 is 12.3. The number of ether oxygens (including phenoxy) is 2. The Bertz CT molecular complexity index is 891. The molecule has 1 aromatic carbocycles. The van der Waals surface area contributed by atoms with E-state index in [1.54, 1.807) is 39.1 Å². The van der Waals surface area contributed by atoms with Crippen molar-refractivity contribution in [1.82, 2.24) is 9.88 Å². The number of nitrogens with one attached hydrogen (secondary N) is 1. The SMILES string of the molecule is COc1ccc2c(c1)c(C(=O)N=[N+]=[N-])cn2CCCNC(=O)OC(C)(C)C. The Morgan fingerprint density at radius 1 is 1.33 bits per heavy atom. The van der Waals surface area contributed by atoms with Gasteiger partial charge in [0.2, 0.25) is 0 Å². The minimum Gasteiger partial charge on any atom is -0.497 e. The van der Waals surface area contributed by atoms with E-state index in [2.05, 4.69) is 15.3 Å². The van der Waals surface area contributed by atoms with Gasteiger partial charge in [0.25, 0.3) is 5.91 Å². The third-order valence-electron chi connectivity index (χ3n) is 3.70. The van der Waals surface area contributed by atoms with Crippen LogP contribution in [-0.2, 0) is 11.3 Å². The number of aromatic nitrogens is 1. The normalized spacial score (nSPS) is 11.0. The van der Waals surface area contributed by atoms with E-state index in [4.69, 9.17) is 15.0 Å². The van der Waals surface area contributed by atoms with Gasteiger partial charge in [-0.3, -0.25) is 4.79 Å². The highest BCUT2D eigenvalue weighted by Gasteiger charge is 2.16. The summed E-state index contributed by atoms with van der Waals surface area (Å²) >= 11 is 0. The Balaban J connectivity index is 2.13. The number of rotatable bonds is 6. The first-order valence-corrected chi connectivity index (χ1v) is 8.48. The Morgan fingerprint density at radius 3 is 2.70 bits per heavy atom. The second-order valence-corrected chi connectivity index (χ2v) is 6.90. The molecule has 1 N–H and O–H groups in total. The molecule has 0 spiro atoms. The molecule has 0 aliphatic carbocycles. The fourth-order valence-electron chi connectivity index (χ4n) is 2.61. The van der Waals surface area contributed by atoms with Crippen LogP contribution in [0.2, 0.25) is 0 Å². The molecule has 2 aromatic rings. The molecule has 2 amide bonds. The van der Waals surface area contributed by atoms with Crippen LogP contribution in [0.25, 0.3) is 21.3 Å². The molecule has 0 aliphatic rings. The summed E-state index contributed by atoms with van der Waals surface area (Å²) in [5, 5.41) is 6.52. The lowest BCUT2D eigenvalue weighted by atomic mass is 10.1. The van der Waals surface area contributed by atoms with Crippen molar-refractivity contribution in [2.45, 2.75) is 39.3 Å². The van der Waals surface area contributed by atoms with Crippen LogP contribution in [0, 0.1) is 0 Å². The molecule has 9 nitrogen and oxygen atoms in total. The Kier molecular flexibility index (Phi) is 6.31. The molecule has 0 saturated heterocycles. The maximum absolute atomic E-state index is 12.1. The third kappa shape index (κ3) is 5.39. The van der Waals surface area contributed by atoms with Crippen LogP contribution < -0.4 is 10.1 Å². The first-order chi connectivity index (χ1) is 12.7. The summed E-state index contributed by atoms with van der Waals surface area (Å²) in [4.78, 5) is 26.3. The van der Waals surface area contributed by atoms with E-state index in [1.807, 2.05) is 10.6 Å². The van der Waals surface area contributed by atoms with Crippen LogP contribution >= 0.6 is 0 Å². The van der Waals surface area contributed by atoms with E-state index in [0.29, 0.717) is 36.2 Å². The Labute approximate surface area is 156 Å². The minimum atomic E-state index is -0.651. The van der Waals surface area contributed by atoms with E-state index >= 15 is 0 Å². The van der Waals surface area contributed by atoms with Crippen molar-refractivity contribution in [1.29, 1.82) is 0 Å². The lowest BCUT2D eigenvalue weighted by Crippen LogP contribution is -2.33. The summed E-state index contributed by atoms with van der Waals surface area (Å²) in [5.41, 5.74) is 9.11. The molecule has 0 atom stereocenters. The van der Waals surface area contributed by atoms with Gasteiger partial charge in [0.05, 0.1) is 12.7 Å². The number of nitrogens with zero attached hydrogens (tertiary/aromatic N) is 4. The van der Waals surface area contributed by atoms with Crippen molar-refractivity contribution in [2.75, 3.05) is 13.7 Å². The van der Waals surface area contributed by atoms with Gasteiger partial charge in [0.15, 0.2) is 0 Å². The van der Waals surface area contributed by atoms with E-state index in [-0.39, 0.29) is 0 Å². The summed E-state index contributed by atoms with van der Waals surface area (Å²) in [6, 6.07) is 5.35.